The van der Waals surface area contributed by atoms with E-state index in [0.29, 0.717) is 5.92 Å². The van der Waals surface area contributed by atoms with Gasteiger partial charge in [-0.05, 0) is 70.5 Å². The largest absolute Gasteiger partial charge is 0.368 e. The lowest BCUT2D eigenvalue weighted by molar-refractivity contribution is -0.126. The Morgan fingerprint density at radius 1 is 1.24 bits per heavy atom. The van der Waals surface area contributed by atoms with Crippen LogP contribution in [0, 0.1) is 5.92 Å². The van der Waals surface area contributed by atoms with Crippen LogP contribution in [0.5, 0.6) is 0 Å². The fraction of sp³-hybridized carbons (Fsp3) is 0.941. The van der Waals surface area contributed by atoms with E-state index in [1.54, 1.807) is 0 Å². The maximum absolute atomic E-state index is 12.1. The molecule has 0 aromatic carbocycles. The average molecular weight is 295 g/mol. The smallest absolute Gasteiger partial charge is 0.238 e. The second kappa shape index (κ2) is 7.59. The predicted octanol–water partition coefficient (Wildman–Crippen LogP) is 2.27. The van der Waals surface area contributed by atoms with Gasteiger partial charge in [0.1, 0.15) is 5.54 Å². The summed E-state index contributed by atoms with van der Waals surface area (Å²) in [4.78, 5) is 14.7. The number of carbonyl (C=O) groups is 1. The maximum Gasteiger partial charge on any atom is 0.238 e. The molecule has 4 heteroatoms. The first-order chi connectivity index (χ1) is 10.1. The van der Waals surface area contributed by atoms with E-state index in [4.69, 9.17) is 5.73 Å². The van der Waals surface area contributed by atoms with E-state index in [1.807, 2.05) is 0 Å². The number of primary amides is 1. The Kier molecular flexibility index (Phi) is 6.06. The zero-order valence-electron chi connectivity index (χ0n) is 13.9. The number of carbonyl (C=O) groups excluding carboxylic acids is 1. The highest BCUT2D eigenvalue weighted by molar-refractivity contribution is 5.85. The molecule has 0 aliphatic heterocycles. The number of nitrogens with two attached hydrogens (primary N) is 1. The van der Waals surface area contributed by atoms with Gasteiger partial charge in [-0.3, -0.25) is 4.79 Å². The van der Waals surface area contributed by atoms with Crippen LogP contribution in [0.25, 0.3) is 0 Å². The quantitative estimate of drug-likeness (QED) is 0.650. The zero-order chi connectivity index (χ0) is 15.3. The van der Waals surface area contributed by atoms with E-state index in [2.05, 4.69) is 24.1 Å². The third kappa shape index (κ3) is 3.98. The zero-order valence-corrected chi connectivity index (χ0v) is 13.9. The lowest BCUT2D eigenvalue weighted by atomic mass is 9.83. The number of nitrogens with one attached hydrogen (secondary N) is 1. The summed E-state index contributed by atoms with van der Waals surface area (Å²) in [5.41, 5.74) is 5.35. The molecular formula is C17H33N3O. The van der Waals surface area contributed by atoms with E-state index in [-0.39, 0.29) is 5.91 Å². The minimum atomic E-state index is -0.433. The van der Waals surface area contributed by atoms with Crippen LogP contribution in [-0.4, -0.2) is 42.0 Å². The summed E-state index contributed by atoms with van der Waals surface area (Å²) in [6.07, 6.45) is 9.29. The number of amides is 1. The fourth-order valence-corrected chi connectivity index (χ4v) is 3.99. The molecule has 2 fully saturated rings. The van der Waals surface area contributed by atoms with Crippen molar-refractivity contribution in [3.8, 4) is 0 Å². The molecule has 1 amide bonds. The third-order valence-corrected chi connectivity index (χ3v) is 5.29. The molecular weight excluding hydrogens is 262 g/mol. The van der Waals surface area contributed by atoms with Crippen LogP contribution in [0.4, 0.5) is 0 Å². The minimum absolute atomic E-state index is 0.132. The Labute approximate surface area is 129 Å². The molecule has 0 spiro atoms. The van der Waals surface area contributed by atoms with Crippen molar-refractivity contribution in [3.63, 3.8) is 0 Å². The highest BCUT2D eigenvalue weighted by Crippen LogP contribution is 2.39. The lowest BCUT2D eigenvalue weighted by Crippen LogP contribution is -2.58. The van der Waals surface area contributed by atoms with Gasteiger partial charge in [-0.2, -0.15) is 0 Å². The topological polar surface area (TPSA) is 58.4 Å². The van der Waals surface area contributed by atoms with E-state index in [1.165, 1.54) is 25.8 Å². The van der Waals surface area contributed by atoms with Gasteiger partial charge in [-0.1, -0.05) is 20.3 Å². The number of hydrogen-bond donors (Lipinski definition) is 2. The minimum Gasteiger partial charge on any atom is -0.368 e. The summed E-state index contributed by atoms with van der Waals surface area (Å²) < 4.78 is 0. The summed E-state index contributed by atoms with van der Waals surface area (Å²) in [5.74, 6) is 0.284. The van der Waals surface area contributed by atoms with Gasteiger partial charge in [0.05, 0.1) is 0 Å². The van der Waals surface area contributed by atoms with Crippen LogP contribution in [0.2, 0.25) is 0 Å². The first-order valence-electron chi connectivity index (χ1n) is 8.93. The molecule has 2 aliphatic rings. The summed E-state index contributed by atoms with van der Waals surface area (Å²) >= 11 is 0. The van der Waals surface area contributed by atoms with Crippen LogP contribution < -0.4 is 11.1 Å². The van der Waals surface area contributed by atoms with Gasteiger partial charge in [0.15, 0.2) is 0 Å². The first kappa shape index (κ1) is 16.8. The van der Waals surface area contributed by atoms with E-state index >= 15 is 0 Å². The fourth-order valence-electron chi connectivity index (χ4n) is 3.99. The van der Waals surface area contributed by atoms with Crippen molar-refractivity contribution >= 4 is 5.91 Å². The standard InChI is InChI=1S/C17H33N3O/c1-3-11-19-17(16(18)21)10-5-6-14(17)9-13-20(12-4-2)15-7-8-15/h14-15,19H,3-13H2,1-2H3,(H2,18,21). The highest BCUT2D eigenvalue weighted by atomic mass is 16.1. The van der Waals surface area contributed by atoms with Crippen LogP contribution in [0.1, 0.15) is 65.2 Å². The van der Waals surface area contributed by atoms with Gasteiger partial charge >= 0.3 is 0 Å². The van der Waals surface area contributed by atoms with Gasteiger partial charge in [0.2, 0.25) is 5.91 Å². The number of nitrogens with zero attached hydrogens (tertiary/aromatic N) is 1. The molecule has 0 aromatic rings. The van der Waals surface area contributed by atoms with Crippen molar-refractivity contribution in [1.29, 1.82) is 0 Å². The molecule has 0 aromatic heterocycles. The predicted molar refractivity (Wildman–Crippen MR) is 87.1 cm³/mol. The molecule has 0 radical (unpaired) electrons. The molecule has 2 saturated carbocycles. The molecule has 0 bridgehead atoms. The van der Waals surface area contributed by atoms with E-state index in [0.717, 1.165) is 51.2 Å². The number of hydrogen-bond acceptors (Lipinski definition) is 3. The molecule has 4 nitrogen and oxygen atoms in total. The van der Waals surface area contributed by atoms with Crippen LogP contribution in [0.3, 0.4) is 0 Å². The van der Waals surface area contributed by atoms with Crippen molar-refractivity contribution < 1.29 is 4.79 Å². The number of rotatable bonds is 10. The normalized spacial score (nSPS) is 29.2. The van der Waals surface area contributed by atoms with Crippen LogP contribution >= 0.6 is 0 Å². The van der Waals surface area contributed by atoms with Crippen molar-refractivity contribution in [2.75, 3.05) is 19.6 Å². The molecule has 0 saturated heterocycles. The molecule has 0 heterocycles. The Balaban J connectivity index is 1.94. The van der Waals surface area contributed by atoms with E-state index < -0.39 is 5.54 Å². The monoisotopic (exact) mass is 295 g/mol. The van der Waals surface area contributed by atoms with Gasteiger partial charge in [0.25, 0.3) is 0 Å². The molecule has 2 aliphatic carbocycles. The average Bonchev–Trinajstić information content (AvgIpc) is 3.22. The Hall–Kier alpha value is -0.610. The summed E-state index contributed by atoms with van der Waals surface area (Å²) in [6, 6.07) is 0.818. The summed E-state index contributed by atoms with van der Waals surface area (Å²) in [7, 11) is 0. The van der Waals surface area contributed by atoms with Crippen LogP contribution in [0.15, 0.2) is 0 Å². The Morgan fingerprint density at radius 2 is 2.00 bits per heavy atom. The van der Waals surface area contributed by atoms with E-state index in [9.17, 15) is 4.79 Å². The Bertz CT molecular complexity index is 343. The van der Waals surface area contributed by atoms with Gasteiger partial charge in [-0.15, -0.1) is 0 Å². The molecule has 2 rings (SSSR count). The second-order valence-electron chi connectivity index (χ2n) is 6.91. The molecule has 21 heavy (non-hydrogen) atoms. The van der Waals surface area contributed by atoms with Gasteiger partial charge in [-0.25, -0.2) is 0 Å². The van der Waals surface area contributed by atoms with Gasteiger partial charge in [0, 0.05) is 6.04 Å². The SMILES string of the molecule is CCCNC1(C(N)=O)CCCC1CCN(CCC)C1CC1. The Morgan fingerprint density at radius 3 is 2.57 bits per heavy atom. The third-order valence-electron chi connectivity index (χ3n) is 5.29. The highest BCUT2D eigenvalue weighted by Gasteiger charge is 2.47. The maximum atomic E-state index is 12.1. The molecule has 122 valence electrons. The summed E-state index contributed by atoms with van der Waals surface area (Å²) in [6.45, 7) is 7.61. The van der Waals surface area contributed by atoms with Crippen molar-refractivity contribution in [2.45, 2.75) is 76.8 Å². The first-order valence-corrected chi connectivity index (χ1v) is 8.93. The second-order valence-corrected chi connectivity index (χ2v) is 6.91. The van der Waals surface area contributed by atoms with Crippen molar-refractivity contribution in [3.05, 3.63) is 0 Å². The molecule has 3 N–H and O–H groups in total. The molecule has 2 atom stereocenters. The van der Waals surface area contributed by atoms with Gasteiger partial charge < -0.3 is 16.0 Å². The lowest BCUT2D eigenvalue weighted by Gasteiger charge is -2.35. The van der Waals surface area contributed by atoms with Crippen molar-refractivity contribution in [1.82, 2.24) is 10.2 Å². The van der Waals surface area contributed by atoms with Crippen LogP contribution in [-0.2, 0) is 4.79 Å². The molecule has 2 unspecified atom stereocenters. The van der Waals surface area contributed by atoms with Crippen molar-refractivity contribution in [2.24, 2.45) is 11.7 Å². The summed E-state index contributed by atoms with van der Waals surface area (Å²) in [5, 5.41) is 3.50.